The molecular formula is C20H21F3N2O2. The zero-order chi connectivity index (χ0) is 20.0. The van der Waals surface area contributed by atoms with Crippen molar-refractivity contribution < 1.29 is 22.8 Å². The molecule has 2 amide bonds. The molecule has 2 aromatic rings. The first-order chi connectivity index (χ1) is 12.7. The maximum Gasteiger partial charge on any atom is 0.416 e. The molecule has 0 aromatic heterocycles. The van der Waals surface area contributed by atoms with Crippen LogP contribution in [-0.2, 0) is 17.5 Å². The number of hydrogen-bond donors (Lipinski definition) is 2. The standard InChI is InChI=1S/C20H21F3N2O2/c1-13(2)17(25-18(26)15-6-4-3-5-7-15)19(27)24-12-14-8-10-16(11-9-14)20(21,22)23/h3-11,13,17H,12H2,1-2H3,(H,24,27)(H,25,26). The van der Waals surface area contributed by atoms with E-state index >= 15 is 0 Å². The number of rotatable bonds is 6. The average Bonchev–Trinajstić information content (AvgIpc) is 2.64. The Morgan fingerprint density at radius 2 is 1.56 bits per heavy atom. The number of halogens is 3. The molecule has 0 bridgehead atoms. The Labute approximate surface area is 155 Å². The molecular weight excluding hydrogens is 357 g/mol. The molecule has 2 rings (SSSR count). The minimum absolute atomic E-state index is 0.0708. The fourth-order valence-electron chi connectivity index (χ4n) is 2.46. The highest BCUT2D eigenvalue weighted by atomic mass is 19.4. The SMILES string of the molecule is CC(C)C(NC(=O)c1ccccc1)C(=O)NCc1ccc(C(F)(F)F)cc1. The maximum absolute atomic E-state index is 12.6. The molecule has 144 valence electrons. The number of amides is 2. The number of carbonyl (C=O) groups is 2. The van der Waals surface area contributed by atoms with Gasteiger partial charge in [0.05, 0.1) is 5.56 Å². The highest BCUT2D eigenvalue weighted by molar-refractivity contribution is 5.97. The molecule has 1 atom stereocenters. The molecule has 0 spiro atoms. The van der Waals surface area contributed by atoms with E-state index in [1.165, 1.54) is 12.1 Å². The van der Waals surface area contributed by atoms with Crippen LogP contribution in [0.25, 0.3) is 0 Å². The minimum atomic E-state index is -4.40. The summed E-state index contributed by atoms with van der Waals surface area (Å²) >= 11 is 0. The van der Waals surface area contributed by atoms with Crippen molar-refractivity contribution in [2.24, 2.45) is 5.92 Å². The van der Waals surface area contributed by atoms with Crippen LogP contribution in [-0.4, -0.2) is 17.9 Å². The smallest absolute Gasteiger partial charge is 0.350 e. The van der Waals surface area contributed by atoms with Gasteiger partial charge < -0.3 is 10.6 Å². The Kier molecular flexibility index (Phi) is 6.60. The zero-order valence-corrected chi connectivity index (χ0v) is 15.0. The first-order valence-electron chi connectivity index (χ1n) is 8.48. The lowest BCUT2D eigenvalue weighted by atomic mass is 10.0. The van der Waals surface area contributed by atoms with Crippen molar-refractivity contribution in [2.75, 3.05) is 0 Å². The molecule has 4 nitrogen and oxygen atoms in total. The van der Waals surface area contributed by atoms with Gasteiger partial charge in [0.2, 0.25) is 5.91 Å². The first kappa shape index (κ1) is 20.5. The summed E-state index contributed by atoms with van der Waals surface area (Å²) in [6.45, 7) is 3.67. The van der Waals surface area contributed by atoms with Crippen LogP contribution in [0.3, 0.4) is 0 Å². The fourth-order valence-corrected chi connectivity index (χ4v) is 2.46. The third-order valence-corrected chi connectivity index (χ3v) is 4.02. The lowest BCUT2D eigenvalue weighted by molar-refractivity contribution is -0.137. The molecule has 0 aliphatic carbocycles. The average molecular weight is 378 g/mol. The van der Waals surface area contributed by atoms with Crippen molar-refractivity contribution in [3.8, 4) is 0 Å². The van der Waals surface area contributed by atoms with Gasteiger partial charge in [0.1, 0.15) is 6.04 Å². The van der Waals surface area contributed by atoms with E-state index in [-0.39, 0.29) is 18.4 Å². The van der Waals surface area contributed by atoms with Crippen LogP contribution in [0.4, 0.5) is 13.2 Å². The molecule has 0 aliphatic heterocycles. The molecule has 0 radical (unpaired) electrons. The second-order valence-electron chi connectivity index (χ2n) is 6.47. The van der Waals surface area contributed by atoms with E-state index in [4.69, 9.17) is 0 Å². The summed E-state index contributed by atoms with van der Waals surface area (Å²) < 4.78 is 37.7. The third-order valence-electron chi connectivity index (χ3n) is 4.02. The molecule has 0 heterocycles. The van der Waals surface area contributed by atoms with Crippen molar-refractivity contribution in [3.05, 3.63) is 71.3 Å². The molecule has 7 heteroatoms. The van der Waals surface area contributed by atoms with Crippen molar-refractivity contribution in [1.29, 1.82) is 0 Å². The van der Waals surface area contributed by atoms with Crippen molar-refractivity contribution >= 4 is 11.8 Å². The molecule has 0 aliphatic rings. The van der Waals surface area contributed by atoms with Gasteiger partial charge in [0.25, 0.3) is 5.91 Å². The molecule has 2 aromatic carbocycles. The van der Waals surface area contributed by atoms with Crippen LogP contribution in [0.2, 0.25) is 0 Å². The van der Waals surface area contributed by atoms with Gasteiger partial charge in [-0.1, -0.05) is 44.2 Å². The van der Waals surface area contributed by atoms with Crippen molar-refractivity contribution in [2.45, 2.75) is 32.6 Å². The largest absolute Gasteiger partial charge is 0.416 e. The van der Waals surface area contributed by atoms with Crippen LogP contribution >= 0.6 is 0 Å². The van der Waals surface area contributed by atoms with Gasteiger partial charge in [-0.25, -0.2) is 0 Å². The summed E-state index contributed by atoms with van der Waals surface area (Å²) in [5, 5.41) is 5.36. The summed E-state index contributed by atoms with van der Waals surface area (Å²) in [5.41, 5.74) is 0.236. The van der Waals surface area contributed by atoms with E-state index in [0.29, 0.717) is 11.1 Å². The van der Waals surface area contributed by atoms with Crippen molar-refractivity contribution in [1.82, 2.24) is 10.6 Å². The van der Waals surface area contributed by atoms with E-state index in [9.17, 15) is 22.8 Å². The molecule has 1 unspecified atom stereocenters. The Balaban J connectivity index is 1.98. The highest BCUT2D eigenvalue weighted by Crippen LogP contribution is 2.29. The van der Waals surface area contributed by atoms with Crippen LogP contribution in [0.15, 0.2) is 54.6 Å². The maximum atomic E-state index is 12.6. The van der Waals surface area contributed by atoms with E-state index in [1.807, 2.05) is 0 Å². The lowest BCUT2D eigenvalue weighted by Gasteiger charge is -2.22. The minimum Gasteiger partial charge on any atom is -0.350 e. The van der Waals surface area contributed by atoms with Gasteiger partial charge in [-0.2, -0.15) is 13.2 Å². The van der Waals surface area contributed by atoms with Crippen LogP contribution in [0.5, 0.6) is 0 Å². The van der Waals surface area contributed by atoms with Gasteiger partial charge in [-0.05, 0) is 35.7 Å². The number of carbonyl (C=O) groups excluding carboxylic acids is 2. The van der Waals surface area contributed by atoms with E-state index < -0.39 is 23.7 Å². The molecule has 27 heavy (non-hydrogen) atoms. The van der Waals surface area contributed by atoms with Gasteiger partial charge in [0, 0.05) is 12.1 Å². The normalized spacial score (nSPS) is 12.5. The topological polar surface area (TPSA) is 58.2 Å². The Bertz CT molecular complexity index is 772. The Morgan fingerprint density at radius 1 is 0.963 bits per heavy atom. The van der Waals surface area contributed by atoms with Crippen LogP contribution in [0, 0.1) is 5.92 Å². The molecule has 2 N–H and O–H groups in total. The highest BCUT2D eigenvalue weighted by Gasteiger charge is 2.30. The molecule has 0 saturated carbocycles. The summed E-state index contributed by atoms with van der Waals surface area (Å²) in [6, 6.07) is 12.3. The lowest BCUT2D eigenvalue weighted by Crippen LogP contribution is -2.49. The van der Waals surface area contributed by atoms with Gasteiger partial charge in [-0.15, -0.1) is 0 Å². The predicted octanol–water partition coefficient (Wildman–Crippen LogP) is 3.78. The van der Waals surface area contributed by atoms with Gasteiger partial charge in [-0.3, -0.25) is 9.59 Å². The van der Waals surface area contributed by atoms with Gasteiger partial charge >= 0.3 is 6.18 Å². The Hall–Kier alpha value is -2.83. The summed E-state index contributed by atoms with van der Waals surface area (Å²) in [5.74, 6) is -0.918. The van der Waals surface area contributed by atoms with E-state index in [0.717, 1.165) is 12.1 Å². The van der Waals surface area contributed by atoms with E-state index in [2.05, 4.69) is 10.6 Å². The zero-order valence-electron chi connectivity index (χ0n) is 15.0. The van der Waals surface area contributed by atoms with E-state index in [1.54, 1.807) is 44.2 Å². The molecule has 0 fully saturated rings. The quantitative estimate of drug-likeness (QED) is 0.804. The summed E-state index contributed by atoms with van der Waals surface area (Å²) in [4.78, 5) is 24.7. The van der Waals surface area contributed by atoms with Crippen LogP contribution < -0.4 is 10.6 Å². The number of alkyl halides is 3. The van der Waals surface area contributed by atoms with Crippen molar-refractivity contribution in [3.63, 3.8) is 0 Å². The number of hydrogen-bond acceptors (Lipinski definition) is 2. The second-order valence-corrected chi connectivity index (χ2v) is 6.47. The number of benzene rings is 2. The second kappa shape index (κ2) is 8.70. The predicted molar refractivity (Wildman–Crippen MR) is 95.8 cm³/mol. The fraction of sp³-hybridized carbons (Fsp3) is 0.300. The molecule has 0 saturated heterocycles. The summed E-state index contributed by atoms with van der Waals surface area (Å²) in [7, 11) is 0. The summed E-state index contributed by atoms with van der Waals surface area (Å²) in [6.07, 6.45) is -4.40. The third kappa shape index (κ3) is 5.84. The first-order valence-corrected chi connectivity index (χ1v) is 8.48. The van der Waals surface area contributed by atoms with Gasteiger partial charge in [0.15, 0.2) is 0 Å². The van der Waals surface area contributed by atoms with Crippen LogP contribution in [0.1, 0.15) is 35.3 Å². The number of nitrogens with one attached hydrogen (secondary N) is 2. The Morgan fingerprint density at radius 3 is 2.07 bits per heavy atom. The monoisotopic (exact) mass is 378 g/mol.